The van der Waals surface area contributed by atoms with Crippen molar-refractivity contribution in [1.29, 1.82) is 0 Å². The van der Waals surface area contributed by atoms with E-state index in [4.69, 9.17) is 9.47 Å². The first-order chi connectivity index (χ1) is 15.1. The standard InChI is InChI=1S/C28H36O4/c1-7-15-32-24-18-20(17-22-26(24)28(5,6)14-13-27(22,3)4)21-16-19(9-11-23(21)29)10-12-25(30)31-8-2/h9-12,16-18,29H,7-8,13-15H2,1-6H3/b12-10+. The van der Waals surface area contributed by atoms with Crippen LogP contribution in [0, 0.1) is 0 Å². The zero-order chi connectivity index (χ0) is 23.5. The molecule has 1 aliphatic rings. The molecule has 0 aliphatic heterocycles. The first-order valence-electron chi connectivity index (χ1n) is 11.6. The van der Waals surface area contributed by atoms with Gasteiger partial charge in [0.2, 0.25) is 0 Å². The van der Waals surface area contributed by atoms with E-state index in [1.165, 1.54) is 17.2 Å². The molecule has 0 atom stereocenters. The molecule has 3 rings (SSSR count). The lowest BCUT2D eigenvalue weighted by Gasteiger charge is -2.43. The fourth-order valence-corrected chi connectivity index (χ4v) is 4.46. The van der Waals surface area contributed by atoms with Crippen molar-refractivity contribution in [3.05, 3.63) is 53.1 Å². The maximum atomic E-state index is 11.7. The molecule has 0 aromatic heterocycles. The highest BCUT2D eigenvalue weighted by Crippen LogP contribution is 2.51. The van der Waals surface area contributed by atoms with Crippen LogP contribution in [0.3, 0.4) is 0 Å². The Balaban J connectivity index is 2.14. The molecular formula is C28H36O4. The average molecular weight is 437 g/mol. The van der Waals surface area contributed by atoms with Crippen LogP contribution in [0.4, 0.5) is 0 Å². The highest BCUT2D eigenvalue weighted by Gasteiger charge is 2.39. The fourth-order valence-electron chi connectivity index (χ4n) is 4.46. The summed E-state index contributed by atoms with van der Waals surface area (Å²) in [7, 11) is 0. The second-order valence-electron chi connectivity index (χ2n) is 9.88. The molecule has 0 saturated heterocycles. The second-order valence-corrected chi connectivity index (χ2v) is 9.88. The third-order valence-corrected chi connectivity index (χ3v) is 6.37. The van der Waals surface area contributed by atoms with Crippen LogP contribution in [0.5, 0.6) is 11.5 Å². The predicted molar refractivity (Wildman–Crippen MR) is 130 cm³/mol. The summed E-state index contributed by atoms with van der Waals surface area (Å²) in [5, 5.41) is 10.7. The van der Waals surface area contributed by atoms with Crippen LogP contribution in [0.25, 0.3) is 17.2 Å². The van der Waals surface area contributed by atoms with Gasteiger partial charge in [-0.3, -0.25) is 0 Å². The largest absolute Gasteiger partial charge is 0.507 e. The summed E-state index contributed by atoms with van der Waals surface area (Å²) in [6.07, 6.45) is 6.25. The number of carbonyl (C=O) groups excluding carboxylic acids is 1. The lowest BCUT2D eigenvalue weighted by atomic mass is 9.62. The third kappa shape index (κ3) is 5.01. The van der Waals surface area contributed by atoms with Crippen LogP contribution in [0.15, 0.2) is 36.4 Å². The lowest BCUT2D eigenvalue weighted by Crippen LogP contribution is -2.34. The SMILES string of the molecule is CCCOc1cc(-c2cc(/C=C/C(=O)OCC)ccc2O)cc2c1C(C)(C)CCC2(C)C. The molecule has 1 N–H and O–H groups in total. The van der Waals surface area contributed by atoms with Crippen molar-refractivity contribution in [2.75, 3.05) is 13.2 Å². The Labute approximate surface area is 192 Å². The molecule has 172 valence electrons. The molecule has 0 heterocycles. The molecular weight excluding hydrogens is 400 g/mol. The molecule has 2 aromatic rings. The Kier molecular flexibility index (Phi) is 7.02. The maximum Gasteiger partial charge on any atom is 0.330 e. The van der Waals surface area contributed by atoms with Gasteiger partial charge in [-0.1, -0.05) is 40.7 Å². The van der Waals surface area contributed by atoms with Crippen molar-refractivity contribution in [3.63, 3.8) is 0 Å². The monoisotopic (exact) mass is 436 g/mol. The zero-order valence-corrected chi connectivity index (χ0v) is 20.2. The second kappa shape index (κ2) is 9.40. The molecule has 2 aromatic carbocycles. The molecule has 4 nitrogen and oxygen atoms in total. The molecule has 0 unspecified atom stereocenters. The molecule has 0 spiro atoms. The third-order valence-electron chi connectivity index (χ3n) is 6.37. The topological polar surface area (TPSA) is 55.8 Å². The van der Waals surface area contributed by atoms with E-state index in [0.29, 0.717) is 13.2 Å². The van der Waals surface area contributed by atoms with E-state index in [1.54, 1.807) is 25.1 Å². The van der Waals surface area contributed by atoms with Crippen LogP contribution in [0.2, 0.25) is 0 Å². The smallest absolute Gasteiger partial charge is 0.330 e. The molecule has 0 bridgehead atoms. The quantitative estimate of drug-likeness (QED) is 0.384. The zero-order valence-electron chi connectivity index (χ0n) is 20.2. The Bertz CT molecular complexity index is 1010. The number of rotatable bonds is 7. The number of aromatic hydroxyl groups is 1. The van der Waals surface area contributed by atoms with E-state index in [9.17, 15) is 9.90 Å². The molecule has 32 heavy (non-hydrogen) atoms. The van der Waals surface area contributed by atoms with Crippen LogP contribution >= 0.6 is 0 Å². The average Bonchev–Trinajstić information content (AvgIpc) is 2.74. The number of benzene rings is 2. The van der Waals surface area contributed by atoms with Crippen LogP contribution in [-0.2, 0) is 20.4 Å². The Morgan fingerprint density at radius 3 is 2.47 bits per heavy atom. The molecule has 4 heteroatoms. The van der Waals surface area contributed by atoms with Crippen LogP contribution in [0.1, 0.15) is 77.5 Å². The Hall–Kier alpha value is -2.75. The summed E-state index contributed by atoms with van der Waals surface area (Å²) < 4.78 is 11.2. The molecule has 1 aliphatic carbocycles. The van der Waals surface area contributed by atoms with Gasteiger partial charge in [0, 0.05) is 17.2 Å². The van der Waals surface area contributed by atoms with E-state index >= 15 is 0 Å². The normalized spacial score (nSPS) is 16.6. The Morgan fingerprint density at radius 1 is 1.06 bits per heavy atom. The number of phenols is 1. The van der Waals surface area contributed by atoms with Crippen molar-refractivity contribution in [1.82, 2.24) is 0 Å². The van der Waals surface area contributed by atoms with Gasteiger partial charge in [0.25, 0.3) is 0 Å². The number of fused-ring (bicyclic) bond motifs is 1. The van der Waals surface area contributed by atoms with Crippen molar-refractivity contribution < 1.29 is 19.4 Å². The van der Waals surface area contributed by atoms with E-state index in [-0.39, 0.29) is 22.5 Å². The van der Waals surface area contributed by atoms with Crippen molar-refractivity contribution in [2.45, 2.75) is 71.6 Å². The first-order valence-corrected chi connectivity index (χ1v) is 11.6. The van der Waals surface area contributed by atoms with Crippen molar-refractivity contribution >= 4 is 12.0 Å². The number of hydrogen-bond acceptors (Lipinski definition) is 4. The fraction of sp³-hybridized carbons (Fsp3) is 0.464. The predicted octanol–water partition coefficient (Wildman–Crippen LogP) is 6.77. The summed E-state index contributed by atoms with van der Waals surface area (Å²) in [6.45, 7) is 14.0. The molecule has 0 radical (unpaired) electrons. The van der Waals surface area contributed by atoms with Gasteiger partial charge < -0.3 is 14.6 Å². The van der Waals surface area contributed by atoms with Gasteiger partial charge in [-0.25, -0.2) is 4.79 Å². The van der Waals surface area contributed by atoms with E-state index < -0.39 is 0 Å². The minimum atomic E-state index is -0.380. The van der Waals surface area contributed by atoms with Gasteiger partial charge in [0.1, 0.15) is 11.5 Å². The van der Waals surface area contributed by atoms with Crippen LogP contribution < -0.4 is 4.74 Å². The van der Waals surface area contributed by atoms with Crippen LogP contribution in [-0.4, -0.2) is 24.3 Å². The highest BCUT2D eigenvalue weighted by atomic mass is 16.5. The number of hydrogen-bond donors (Lipinski definition) is 1. The highest BCUT2D eigenvalue weighted by molar-refractivity contribution is 5.87. The molecule has 0 fully saturated rings. The van der Waals surface area contributed by atoms with E-state index in [1.807, 2.05) is 6.07 Å². The number of phenolic OH excluding ortho intramolecular Hbond substituents is 1. The van der Waals surface area contributed by atoms with E-state index in [2.05, 4.69) is 46.8 Å². The van der Waals surface area contributed by atoms with Gasteiger partial charge in [-0.05, 0) is 84.0 Å². The number of ether oxygens (including phenoxy) is 2. The van der Waals surface area contributed by atoms with E-state index in [0.717, 1.165) is 41.7 Å². The minimum absolute atomic E-state index is 0.0161. The summed E-state index contributed by atoms with van der Waals surface area (Å²) in [6, 6.07) is 9.63. The van der Waals surface area contributed by atoms with Gasteiger partial charge in [-0.2, -0.15) is 0 Å². The van der Waals surface area contributed by atoms with Crippen molar-refractivity contribution in [3.8, 4) is 22.6 Å². The minimum Gasteiger partial charge on any atom is -0.507 e. The Morgan fingerprint density at radius 2 is 1.78 bits per heavy atom. The molecule has 0 saturated carbocycles. The summed E-state index contributed by atoms with van der Waals surface area (Å²) in [5.41, 5.74) is 5.07. The summed E-state index contributed by atoms with van der Waals surface area (Å²) in [5.74, 6) is 0.728. The number of esters is 1. The van der Waals surface area contributed by atoms with Gasteiger partial charge >= 0.3 is 5.97 Å². The number of carbonyl (C=O) groups is 1. The molecule has 0 amide bonds. The van der Waals surface area contributed by atoms with Crippen molar-refractivity contribution in [2.24, 2.45) is 0 Å². The lowest BCUT2D eigenvalue weighted by molar-refractivity contribution is -0.137. The summed E-state index contributed by atoms with van der Waals surface area (Å²) in [4.78, 5) is 11.7. The van der Waals surface area contributed by atoms with Gasteiger partial charge in [0.15, 0.2) is 0 Å². The first kappa shape index (κ1) is 23.9. The van der Waals surface area contributed by atoms with Gasteiger partial charge in [0.05, 0.1) is 13.2 Å². The summed E-state index contributed by atoms with van der Waals surface area (Å²) >= 11 is 0. The maximum absolute atomic E-state index is 11.7. The van der Waals surface area contributed by atoms with Gasteiger partial charge in [-0.15, -0.1) is 0 Å².